The Bertz CT molecular complexity index is 72.2. The van der Waals surface area contributed by atoms with Crippen LogP contribution in [-0.2, 0) is 0 Å². The number of hydrogen-bond donors (Lipinski definition) is 0. The van der Waals surface area contributed by atoms with Gasteiger partial charge in [-0.25, -0.2) is 0 Å². The molecule has 0 saturated carbocycles. The SMILES string of the molecule is O.O.O.O.O.O.O.O.O=[N+]([O-])[O-].O=[N+]([O-])[O-].[Ba+2]. The van der Waals surface area contributed by atoms with Crippen molar-refractivity contribution in [2.45, 2.75) is 0 Å². The van der Waals surface area contributed by atoms with E-state index in [1.807, 2.05) is 0 Å². The van der Waals surface area contributed by atoms with Gasteiger partial charge < -0.3 is 74.5 Å². The van der Waals surface area contributed by atoms with Crippen molar-refractivity contribution in [3.05, 3.63) is 30.6 Å². The van der Waals surface area contributed by atoms with Gasteiger partial charge in [-0.05, 0) is 0 Å². The van der Waals surface area contributed by atoms with Gasteiger partial charge in [0.25, 0.3) is 0 Å². The van der Waals surface area contributed by atoms with Crippen molar-refractivity contribution in [3.63, 3.8) is 0 Å². The fraction of sp³-hybridized carbons (Fsp3) is 0. The molecule has 0 aromatic heterocycles. The Morgan fingerprint density at radius 1 is 0.471 bits per heavy atom. The van der Waals surface area contributed by atoms with Crippen molar-refractivity contribution < 1.29 is 54.0 Å². The van der Waals surface area contributed by atoms with E-state index in [1.54, 1.807) is 0 Å². The second kappa shape index (κ2) is 105. The molecule has 16 N–H and O–H groups in total. The Morgan fingerprint density at radius 2 is 0.471 bits per heavy atom. The van der Waals surface area contributed by atoms with Gasteiger partial charge in [0.1, 0.15) is 0 Å². The minimum atomic E-state index is -1.75. The van der Waals surface area contributed by atoms with Crippen LogP contribution in [0.15, 0.2) is 0 Å². The molecule has 0 unspecified atom stereocenters. The monoisotopic (exact) mass is 406 g/mol. The van der Waals surface area contributed by atoms with Crippen LogP contribution in [0, 0.1) is 30.6 Å². The first kappa shape index (κ1) is 128. The van der Waals surface area contributed by atoms with E-state index >= 15 is 0 Å². The van der Waals surface area contributed by atoms with Gasteiger partial charge in [-0.3, -0.25) is 0 Å². The molecular formula is H16BaN2O14. The average Bonchev–Trinajstić information content (AvgIpc) is 1.25. The summed E-state index contributed by atoms with van der Waals surface area (Å²) in [4.78, 5) is 16.5. The van der Waals surface area contributed by atoms with Gasteiger partial charge in [0.05, 0.1) is 10.2 Å². The molecule has 0 radical (unpaired) electrons. The van der Waals surface area contributed by atoms with Gasteiger partial charge >= 0.3 is 48.9 Å². The third-order valence-electron chi connectivity index (χ3n) is 0. The van der Waals surface area contributed by atoms with Crippen molar-refractivity contribution in [1.82, 2.24) is 0 Å². The molecule has 17 heavy (non-hydrogen) atoms. The molecule has 0 rings (SSSR count). The molecule has 17 heteroatoms. The van der Waals surface area contributed by atoms with Crippen LogP contribution in [-0.4, -0.2) is 103 Å². The predicted molar refractivity (Wildman–Crippen MR) is 55.4 cm³/mol. The predicted octanol–water partition coefficient (Wildman–Crippen LogP) is -7.46. The molecule has 0 saturated heterocycles. The van der Waals surface area contributed by atoms with E-state index < -0.39 is 10.2 Å². The summed E-state index contributed by atoms with van der Waals surface area (Å²) in [7, 11) is 0. The Kier molecular flexibility index (Phi) is 790. The molecule has 0 heterocycles. The van der Waals surface area contributed by atoms with Crippen LogP contribution in [0.3, 0.4) is 0 Å². The van der Waals surface area contributed by atoms with Crippen LogP contribution in [0.1, 0.15) is 0 Å². The van der Waals surface area contributed by atoms with Gasteiger partial charge in [-0.15, -0.1) is 0 Å². The Hall–Kier alpha value is -0.349. The molecule has 0 aliphatic heterocycles. The quantitative estimate of drug-likeness (QED) is 0.213. The zero-order chi connectivity index (χ0) is 7.15. The van der Waals surface area contributed by atoms with Crippen molar-refractivity contribution in [2.75, 3.05) is 0 Å². The summed E-state index contributed by atoms with van der Waals surface area (Å²) in [6.45, 7) is 0. The largest absolute Gasteiger partial charge is 2.00 e. The summed E-state index contributed by atoms with van der Waals surface area (Å²) >= 11 is 0. The van der Waals surface area contributed by atoms with Gasteiger partial charge in [-0.1, -0.05) is 0 Å². The minimum Gasteiger partial charge on any atom is -0.412 e. The Balaban J connectivity index is -0.00000000308. The first-order valence-corrected chi connectivity index (χ1v) is 1.10. The van der Waals surface area contributed by atoms with Crippen molar-refractivity contribution in [1.29, 1.82) is 0 Å². The van der Waals surface area contributed by atoms with Crippen molar-refractivity contribution >= 4 is 48.9 Å². The smallest absolute Gasteiger partial charge is 0.412 e. The van der Waals surface area contributed by atoms with E-state index in [0.29, 0.717) is 0 Å². The number of rotatable bonds is 0. The summed E-state index contributed by atoms with van der Waals surface area (Å²) in [6, 6.07) is 0. The average molecular weight is 405 g/mol. The maximum atomic E-state index is 8.25. The summed E-state index contributed by atoms with van der Waals surface area (Å²) in [5.74, 6) is 0. The fourth-order valence-corrected chi connectivity index (χ4v) is 0. The molecule has 0 atom stereocenters. The van der Waals surface area contributed by atoms with Crippen LogP contribution in [0.2, 0.25) is 0 Å². The van der Waals surface area contributed by atoms with Crippen molar-refractivity contribution in [3.8, 4) is 0 Å². The molecule has 0 spiro atoms. The van der Waals surface area contributed by atoms with Gasteiger partial charge in [0.15, 0.2) is 0 Å². The van der Waals surface area contributed by atoms with E-state index in [-0.39, 0.29) is 92.7 Å². The van der Waals surface area contributed by atoms with Gasteiger partial charge in [0, 0.05) is 0 Å². The summed E-state index contributed by atoms with van der Waals surface area (Å²) < 4.78 is 0. The maximum Gasteiger partial charge on any atom is 2.00 e. The number of nitrogens with zero attached hydrogens (tertiary/aromatic N) is 2. The summed E-state index contributed by atoms with van der Waals surface area (Å²) in [5, 5.41) is 29.5. The molecule has 0 amide bonds. The van der Waals surface area contributed by atoms with Crippen LogP contribution in [0.5, 0.6) is 0 Å². The molecule has 16 nitrogen and oxygen atoms in total. The topological polar surface area (TPSA) is 384 Å². The van der Waals surface area contributed by atoms with E-state index in [4.69, 9.17) is 30.6 Å². The van der Waals surface area contributed by atoms with E-state index in [9.17, 15) is 0 Å². The normalized spacial score (nSPS) is 2.82. The van der Waals surface area contributed by atoms with Crippen LogP contribution >= 0.6 is 0 Å². The molecular weight excluding hydrogens is 389 g/mol. The zero-order valence-corrected chi connectivity index (χ0v) is 12.5. The summed E-state index contributed by atoms with van der Waals surface area (Å²) in [6.07, 6.45) is 0. The second-order valence-electron chi connectivity index (χ2n) is 0.447. The minimum absolute atomic E-state index is 0. The first-order valence-electron chi connectivity index (χ1n) is 1.10. The second-order valence-corrected chi connectivity index (χ2v) is 0.447. The molecule has 0 aliphatic carbocycles. The Morgan fingerprint density at radius 3 is 0.471 bits per heavy atom. The summed E-state index contributed by atoms with van der Waals surface area (Å²) in [5.41, 5.74) is 0. The molecule has 0 aromatic carbocycles. The maximum absolute atomic E-state index is 8.25. The van der Waals surface area contributed by atoms with E-state index in [0.717, 1.165) is 0 Å². The number of hydrogen-bond acceptors (Lipinski definition) is 6. The van der Waals surface area contributed by atoms with E-state index in [2.05, 4.69) is 0 Å². The molecule has 0 bridgehead atoms. The van der Waals surface area contributed by atoms with Crippen LogP contribution in [0.25, 0.3) is 0 Å². The van der Waals surface area contributed by atoms with Gasteiger partial charge in [-0.2, -0.15) is 0 Å². The van der Waals surface area contributed by atoms with Crippen LogP contribution < -0.4 is 0 Å². The third kappa shape index (κ3) is 24000. The fourth-order valence-electron chi connectivity index (χ4n) is 0. The molecule has 0 aromatic rings. The third-order valence-corrected chi connectivity index (χ3v) is 0. The Labute approximate surface area is 133 Å². The zero-order valence-electron chi connectivity index (χ0n) is 8.05. The standard InChI is InChI=1S/Ba.2NO3.8H2O/c;2*2-1(3)4;;;;;;;;/h;;;8*1H2/q+2;2*-1;;;;;;;;. The van der Waals surface area contributed by atoms with Gasteiger partial charge in [0.2, 0.25) is 0 Å². The van der Waals surface area contributed by atoms with Crippen LogP contribution in [0.4, 0.5) is 0 Å². The van der Waals surface area contributed by atoms with E-state index in [1.165, 1.54) is 0 Å². The molecule has 0 aliphatic rings. The first-order chi connectivity index (χ1) is 3.46. The molecule has 112 valence electrons. The molecule has 0 fully saturated rings. The van der Waals surface area contributed by atoms with Crippen molar-refractivity contribution in [2.24, 2.45) is 0 Å².